The average Bonchev–Trinajstić information content (AvgIpc) is 2.69. The van der Waals surface area contributed by atoms with Gasteiger partial charge in [-0.3, -0.25) is 4.79 Å². The van der Waals surface area contributed by atoms with E-state index in [4.69, 9.17) is 5.73 Å². The Balaban J connectivity index is 2.53. The quantitative estimate of drug-likeness (QED) is 0.775. The fourth-order valence-corrected chi connectivity index (χ4v) is 2.52. The molecular formula is C14H28N2O. The van der Waals surface area contributed by atoms with Crippen molar-refractivity contribution >= 4 is 5.91 Å². The molecule has 1 rings (SSSR count). The van der Waals surface area contributed by atoms with Crippen molar-refractivity contribution < 1.29 is 4.79 Å². The fourth-order valence-electron chi connectivity index (χ4n) is 2.52. The van der Waals surface area contributed by atoms with E-state index < -0.39 is 0 Å². The molecule has 0 bridgehead atoms. The number of amides is 1. The molecular weight excluding hydrogens is 212 g/mol. The Kier molecular flexibility index (Phi) is 5.96. The van der Waals surface area contributed by atoms with Crippen LogP contribution in [0.25, 0.3) is 0 Å². The molecule has 3 nitrogen and oxygen atoms in total. The highest BCUT2D eigenvalue weighted by Crippen LogP contribution is 2.24. The summed E-state index contributed by atoms with van der Waals surface area (Å²) in [6, 6.07) is 0.463. The lowest BCUT2D eigenvalue weighted by atomic mass is 10.1. The van der Waals surface area contributed by atoms with Crippen LogP contribution in [-0.2, 0) is 4.79 Å². The van der Waals surface area contributed by atoms with Crippen LogP contribution in [-0.4, -0.2) is 29.4 Å². The highest BCUT2D eigenvalue weighted by Gasteiger charge is 2.26. The first-order valence-corrected chi connectivity index (χ1v) is 7.05. The van der Waals surface area contributed by atoms with Gasteiger partial charge in [-0.05, 0) is 32.1 Å². The molecule has 0 aliphatic heterocycles. The molecule has 1 fully saturated rings. The van der Waals surface area contributed by atoms with Crippen molar-refractivity contribution in [3.05, 3.63) is 0 Å². The van der Waals surface area contributed by atoms with E-state index in [1.165, 1.54) is 25.7 Å². The molecule has 1 saturated carbocycles. The summed E-state index contributed by atoms with van der Waals surface area (Å²) in [6.45, 7) is 7.24. The van der Waals surface area contributed by atoms with E-state index in [0.29, 0.717) is 18.4 Å². The number of hydrogen-bond acceptors (Lipinski definition) is 2. The van der Waals surface area contributed by atoms with E-state index in [-0.39, 0.29) is 11.9 Å². The lowest BCUT2D eigenvalue weighted by molar-refractivity contribution is -0.133. The average molecular weight is 240 g/mol. The van der Waals surface area contributed by atoms with Gasteiger partial charge in [0.1, 0.15) is 0 Å². The van der Waals surface area contributed by atoms with Crippen LogP contribution in [0.3, 0.4) is 0 Å². The van der Waals surface area contributed by atoms with Crippen LogP contribution in [0, 0.1) is 5.92 Å². The Labute approximate surface area is 106 Å². The highest BCUT2D eigenvalue weighted by molar-refractivity contribution is 5.77. The van der Waals surface area contributed by atoms with Crippen LogP contribution < -0.4 is 5.73 Å². The molecule has 1 amide bonds. The maximum atomic E-state index is 12.2. The molecule has 0 saturated heterocycles. The third-order valence-corrected chi connectivity index (χ3v) is 3.53. The third kappa shape index (κ3) is 5.07. The molecule has 0 aromatic rings. The lowest BCUT2D eigenvalue weighted by Gasteiger charge is -2.30. The van der Waals surface area contributed by atoms with Crippen LogP contribution in [0.4, 0.5) is 0 Å². The predicted molar refractivity (Wildman–Crippen MR) is 71.7 cm³/mol. The number of hydrogen-bond donors (Lipinski definition) is 1. The zero-order valence-electron chi connectivity index (χ0n) is 11.6. The van der Waals surface area contributed by atoms with Crippen molar-refractivity contribution in [1.29, 1.82) is 0 Å². The van der Waals surface area contributed by atoms with Crippen molar-refractivity contribution in [2.24, 2.45) is 11.7 Å². The molecule has 0 heterocycles. The number of nitrogens with zero attached hydrogens (tertiary/aromatic N) is 1. The summed E-state index contributed by atoms with van der Waals surface area (Å²) >= 11 is 0. The van der Waals surface area contributed by atoms with Crippen molar-refractivity contribution in [3.8, 4) is 0 Å². The molecule has 100 valence electrons. The van der Waals surface area contributed by atoms with Gasteiger partial charge in [-0.25, -0.2) is 0 Å². The molecule has 0 aromatic heterocycles. The predicted octanol–water partition coefficient (Wildman–Crippen LogP) is 2.54. The summed E-state index contributed by atoms with van der Waals surface area (Å²) in [5, 5.41) is 0. The first-order valence-electron chi connectivity index (χ1n) is 7.05. The molecule has 1 aliphatic carbocycles. The van der Waals surface area contributed by atoms with E-state index >= 15 is 0 Å². The summed E-state index contributed by atoms with van der Waals surface area (Å²) in [5.41, 5.74) is 5.74. The molecule has 1 aliphatic rings. The first-order chi connectivity index (χ1) is 8.00. The Bertz CT molecular complexity index is 232. The SMILES string of the molecule is CC(C)CCN(C(=O)CC(C)N)C1CCCC1. The van der Waals surface area contributed by atoms with Crippen molar-refractivity contribution in [2.45, 2.75) is 71.4 Å². The summed E-state index contributed by atoms with van der Waals surface area (Å²) in [4.78, 5) is 14.3. The Morgan fingerprint density at radius 1 is 1.29 bits per heavy atom. The van der Waals surface area contributed by atoms with Crippen molar-refractivity contribution in [1.82, 2.24) is 4.90 Å². The minimum absolute atomic E-state index is 0.0227. The lowest BCUT2D eigenvalue weighted by Crippen LogP contribution is -2.42. The van der Waals surface area contributed by atoms with Gasteiger partial charge in [0.05, 0.1) is 0 Å². The number of rotatable bonds is 6. The second kappa shape index (κ2) is 7.00. The minimum atomic E-state index is -0.0227. The van der Waals surface area contributed by atoms with E-state index in [1.54, 1.807) is 0 Å². The normalized spacial score (nSPS) is 18.6. The van der Waals surface area contributed by atoms with Crippen LogP contribution in [0.5, 0.6) is 0 Å². The first kappa shape index (κ1) is 14.5. The Hall–Kier alpha value is -0.570. The molecule has 0 spiro atoms. The summed E-state index contributed by atoms with van der Waals surface area (Å²) in [6.07, 6.45) is 6.50. The van der Waals surface area contributed by atoms with Crippen LogP contribution in [0.2, 0.25) is 0 Å². The molecule has 3 heteroatoms. The standard InChI is InChI=1S/C14H28N2O/c1-11(2)8-9-16(13-6-4-5-7-13)14(17)10-12(3)15/h11-13H,4-10,15H2,1-3H3. The molecule has 0 aromatic carbocycles. The minimum Gasteiger partial charge on any atom is -0.340 e. The molecule has 1 unspecified atom stereocenters. The van der Waals surface area contributed by atoms with Gasteiger partial charge in [-0.15, -0.1) is 0 Å². The fraction of sp³-hybridized carbons (Fsp3) is 0.929. The van der Waals surface area contributed by atoms with Gasteiger partial charge in [0.15, 0.2) is 0 Å². The summed E-state index contributed by atoms with van der Waals surface area (Å²) in [5.74, 6) is 0.912. The molecule has 0 radical (unpaired) electrons. The topological polar surface area (TPSA) is 46.3 Å². The largest absolute Gasteiger partial charge is 0.340 e. The van der Waals surface area contributed by atoms with Crippen molar-refractivity contribution in [3.63, 3.8) is 0 Å². The smallest absolute Gasteiger partial charge is 0.224 e. The van der Waals surface area contributed by atoms with Crippen molar-refractivity contribution in [2.75, 3.05) is 6.54 Å². The maximum absolute atomic E-state index is 12.2. The van der Waals surface area contributed by atoms with Gasteiger partial charge in [0.25, 0.3) is 0 Å². The number of carbonyl (C=O) groups excluding carboxylic acids is 1. The van der Waals surface area contributed by atoms with E-state index in [9.17, 15) is 4.79 Å². The summed E-state index contributed by atoms with van der Waals surface area (Å²) < 4.78 is 0. The van der Waals surface area contributed by atoms with Gasteiger partial charge in [0.2, 0.25) is 5.91 Å². The zero-order chi connectivity index (χ0) is 12.8. The summed E-state index contributed by atoms with van der Waals surface area (Å²) in [7, 11) is 0. The molecule has 2 N–H and O–H groups in total. The molecule has 1 atom stereocenters. The monoisotopic (exact) mass is 240 g/mol. The third-order valence-electron chi connectivity index (χ3n) is 3.53. The van der Waals surface area contributed by atoms with Gasteiger partial charge in [0, 0.05) is 25.0 Å². The molecule has 17 heavy (non-hydrogen) atoms. The number of nitrogens with two attached hydrogens (primary N) is 1. The van der Waals surface area contributed by atoms with Gasteiger partial charge >= 0.3 is 0 Å². The Morgan fingerprint density at radius 2 is 1.88 bits per heavy atom. The van der Waals surface area contributed by atoms with E-state index in [1.807, 2.05) is 6.92 Å². The van der Waals surface area contributed by atoms with Crippen LogP contribution in [0.1, 0.15) is 59.3 Å². The number of carbonyl (C=O) groups is 1. The van der Waals surface area contributed by atoms with Gasteiger partial charge in [-0.1, -0.05) is 26.7 Å². The maximum Gasteiger partial charge on any atom is 0.224 e. The van der Waals surface area contributed by atoms with E-state index in [0.717, 1.165) is 13.0 Å². The van der Waals surface area contributed by atoms with Gasteiger partial charge in [-0.2, -0.15) is 0 Å². The second-order valence-corrected chi connectivity index (χ2v) is 5.89. The Morgan fingerprint density at radius 3 is 2.35 bits per heavy atom. The van der Waals surface area contributed by atoms with Crippen LogP contribution in [0.15, 0.2) is 0 Å². The second-order valence-electron chi connectivity index (χ2n) is 5.89. The zero-order valence-corrected chi connectivity index (χ0v) is 11.6. The van der Waals surface area contributed by atoms with E-state index in [2.05, 4.69) is 18.7 Å². The van der Waals surface area contributed by atoms with Crippen LogP contribution >= 0.6 is 0 Å². The van der Waals surface area contributed by atoms with Gasteiger partial charge < -0.3 is 10.6 Å². The highest BCUT2D eigenvalue weighted by atomic mass is 16.2.